The second-order valence-corrected chi connectivity index (χ2v) is 5.12. The normalized spacial score (nSPS) is 22.7. The van der Waals surface area contributed by atoms with Crippen molar-refractivity contribution in [1.82, 2.24) is 9.80 Å². The summed E-state index contributed by atoms with van der Waals surface area (Å²) in [6, 6.07) is 0.873. The molecule has 0 aromatic rings. The predicted molar refractivity (Wildman–Crippen MR) is 62.7 cm³/mol. The molecule has 0 aliphatic carbocycles. The van der Waals surface area contributed by atoms with E-state index in [1.54, 1.807) is 0 Å². The Morgan fingerprint density at radius 3 is 2.33 bits per heavy atom. The van der Waals surface area contributed by atoms with Crippen molar-refractivity contribution in [3.8, 4) is 0 Å². The molecule has 88 valence electrons. The highest BCUT2D eigenvalue weighted by atomic mass is 16.2. The smallest absolute Gasteiger partial charge is 0.226 e. The fourth-order valence-electron chi connectivity index (χ4n) is 2.00. The van der Waals surface area contributed by atoms with Crippen molar-refractivity contribution >= 4 is 5.91 Å². The lowest BCUT2D eigenvalue weighted by atomic mass is 10.1. The summed E-state index contributed by atoms with van der Waals surface area (Å²) in [5, 5.41) is 0. The van der Waals surface area contributed by atoms with Crippen LogP contribution in [0.25, 0.3) is 0 Å². The van der Waals surface area contributed by atoms with Crippen LogP contribution in [0.2, 0.25) is 0 Å². The van der Waals surface area contributed by atoms with Gasteiger partial charge in [-0.05, 0) is 40.7 Å². The molecular formula is C12H24N2O. The van der Waals surface area contributed by atoms with E-state index < -0.39 is 0 Å². The molecule has 1 rings (SSSR count). The Hall–Kier alpha value is -0.570. The zero-order chi connectivity index (χ0) is 11.6. The van der Waals surface area contributed by atoms with E-state index in [0.29, 0.717) is 18.0 Å². The van der Waals surface area contributed by atoms with Gasteiger partial charge < -0.3 is 9.80 Å². The zero-order valence-corrected chi connectivity index (χ0v) is 10.7. The Kier molecular flexibility index (Phi) is 4.14. The fraction of sp³-hybridized carbons (Fsp3) is 0.917. The first kappa shape index (κ1) is 12.5. The second kappa shape index (κ2) is 4.97. The highest BCUT2D eigenvalue weighted by Crippen LogP contribution is 2.20. The van der Waals surface area contributed by atoms with E-state index in [9.17, 15) is 4.79 Å². The lowest BCUT2D eigenvalue weighted by molar-refractivity contribution is -0.135. The van der Waals surface area contributed by atoms with E-state index in [4.69, 9.17) is 0 Å². The average Bonchev–Trinajstić information content (AvgIpc) is 2.64. The minimum Gasteiger partial charge on any atom is -0.343 e. The van der Waals surface area contributed by atoms with Gasteiger partial charge in [0, 0.05) is 25.7 Å². The number of amides is 1. The van der Waals surface area contributed by atoms with E-state index >= 15 is 0 Å². The van der Waals surface area contributed by atoms with Gasteiger partial charge in [-0.1, -0.05) is 0 Å². The van der Waals surface area contributed by atoms with E-state index in [-0.39, 0.29) is 5.92 Å². The van der Waals surface area contributed by atoms with Crippen LogP contribution in [0.15, 0.2) is 0 Å². The third kappa shape index (κ3) is 2.94. The molecule has 1 unspecified atom stereocenters. The Morgan fingerprint density at radius 1 is 1.33 bits per heavy atom. The summed E-state index contributed by atoms with van der Waals surface area (Å²) < 4.78 is 0. The second-order valence-electron chi connectivity index (χ2n) is 5.12. The van der Waals surface area contributed by atoms with Gasteiger partial charge >= 0.3 is 0 Å². The highest BCUT2D eigenvalue weighted by Gasteiger charge is 2.31. The third-order valence-corrected chi connectivity index (χ3v) is 3.42. The van der Waals surface area contributed by atoms with E-state index in [0.717, 1.165) is 19.5 Å². The number of hydrogen-bond donors (Lipinski definition) is 0. The van der Waals surface area contributed by atoms with E-state index in [1.807, 2.05) is 11.9 Å². The Morgan fingerprint density at radius 2 is 1.93 bits per heavy atom. The molecule has 3 heteroatoms. The van der Waals surface area contributed by atoms with Gasteiger partial charge in [0.1, 0.15) is 0 Å². The number of carbonyl (C=O) groups excluding carboxylic acids is 1. The van der Waals surface area contributed by atoms with Crippen LogP contribution >= 0.6 is 0 Å². The molecule has 0 radical (unpaired) electrons. The Balaban J connectivity index is 2.50. The highest BCUT2D eigenvalue weighted by molar-refractivity contribution is 5.79. The first-order valence-electron chi connectivity index (χ1n) is 5.94. The topological polar surface area (TPSA) is 23.6 Å². The van der Waals surface area contributed by atoms with Crippen molar-refractivity contribution < 1.29 is 4.79 Å². The molecule has 1 fully saturated rings. The van der Waals surface area contributed by atoms with Crippen molar-refractivity contribution in [3.05, 3.63) is 0 Å². The number of rotatable bonds is 3. The molecule has 1 aliphatic heterocycles. The van der Waals surface area contributed by atoms with Crippen LogP contribution in [-0.2, 0) is 4.79 Å². The quantitative estimate of drug-likeness (QED) is 0.709. The maximum absolute atomic E-state index is 12.1. The minimum atomic E-state index is 0.222. The van der Waals surface area contributed by atoms with Crippen LogP contribution in [0.4, 0.5) is 0 Å². The maximum atomic E-state index is 12.1. The fourth-order valence-corrected chi connectivity index (χ4v) is 2.00. The molecule has 1 heterocycles. The van der Waals surface area contributed by atoms with Crippen molar-refractivity contribution in [2.75, 3.05) is 20.1 Å². The van der Waals surface area contributed by atoms with Crippen molar-refractivity contribution in [3.63, 3.8) is 0 Å². The Bertz CT molecular complexity index is 226. The van der Waals surface area contributed by atoms with Gasteiger partial charge in [-0.25, -0.2) is 0 Å². The van der Waals surface area contributed by atoms with Gasteiger partial charge in [0.05, 0.1) is 5.92 Å². The zero-order valence-electron chi connectivity index (χ0n) is 10.7. The molecule has 1 saturated heterocycles. The van der Waals surface area contributed by atoms with E-state index in [2.05, 4.69) is 32.6 Å². The van der Waals surface area contributed by atoms with Crippen LogP contribution in [0.5, 0.6) is 0 Å². The molecule has 0 bridgehead atoms. The van der Waals surface area contributed by atoms with Crippen molar-refractivity contribution in [1.29, 1.82) is 0 Å². The molecule has 0 spiro atoms. The SMILES string of the molecule is CC(C)N1CCC(C(=O)N(C)C(C)C)C1. The molecule has 1 aliphatic rings. The van der Waals surface area contributed by atoms with Gasteiger partial charge in [-0.3, -0.25) is 4.79 Å². The number of carbonyl (C=O) groups is 1. The van der Waals surface area contributed by atoms with Gasteiger partial charge in [0.2, 0.25) is 5.91 Å². The van der Waals surface area contributed by atoms with Crippen LogP contribution in [0.1, 0.15) is 34.1 Å². The first-order chi connectivity index (χ1) is 6.93. The lowest BCUT2D eigenvalue weighted by Crippen LogP contribution is -2.39. The molecule has 0 saturated carbocycles. The molecule has 0 aromatic carbocycles. The maximum Gasteiger partial charge on any atom is 0.226 e. The first-order valence-corrected chi connectivity index (χ1v) is 5.94. The number of hydrogen-bond acceptors (Lipinski definition) is 2. The van der Waals surface area contributed by atoms with E-state index in [1.165, 1.54) is 0 Å². The summed E-state index contributed by atoms with van der Waals surface area (Å²) in [4.78, 5) is 16.3. The minimum absolute atomic E-state index is 0.222. The monoisotopic (exact) mass is 212 g/mol. The van der Waals surface area contributed by atoms with Crippen LogP contribution in [-0.4, -0.2) is 47.9 Å². The summed E-state index contributed by atoms with van der Waals surface area (Å²) in [5.74, 6) is 0.535. The molecular weight excluding hydrogens is 188 g/mol. The van der Waals surface area contributed by atoms with Gasteiger partial charge in [0.15, 0.2) is 0 Å². The van der Waals surface area contributed by atoms with Crippen LogP contribution < -0.4 is 0 Å². The molecule has 15 heavy (non-hydrogen) atoms. The molecule has 3 nitrogen and oxygen atoms in total. The van der Waals surface area contributed by atoms with Crippen LogP contribution in [0.3, 0.4) is 0 Å². The number of likely N-dealkylation sites (tertiary alicyclic amines) is 1. The summed E-state index contributed by atoms with van der Waals surface area (Å²) in [7, 11) is 1.91. The predicted octanol–water partition coefficient (Wildman–Crippen LogP) is 1.58. The lowest BCUT2D eigenvalue weighted by Gasteiger charge is -2.25. The largest absolute Gasteiger partial charge is 0.343 e. The summed E-state index contributed by atoms with van der Waals surface area (Å²) in [6.45, 7) is 10.5. The average molecular weight is 212 g/mol. The summed E-state index contributed by atoms with van der Waals surface area (Å²) in [6.07, 6.45) is 1.02. The third-order valence-electron chi connectivity index (χ3n) is 3.42. The van der Waals surface area contributed by atoms with Crippen molar-refractivity contribution in [2.45, 2.75) is 46.2 Å². The Labute approximate surface area is 93.4 Å². The molecule has 1 atom stereocenters. The van der Waals surface area contributed by atoms with Crippen molar-refractivity contribution in [2.24, 2.45) is 5.92 Å². The number of nitrogens with zero attached hydrogens (tertiary/aromatic N) is 2. The molecule has 1 amide bonds. The van der Waals surface area contributed by atoms with Gasteiger partial charge in [-0.2, -0.15) is 0 Å². The summed E-state index contributed by atoms with van der Waals surface area (Å²) >= 11 is 0. The molecule has 0 aromatic heterocycles. The van der Waals surface area contributed by atoms with Gasteiger partial charge in [-0.15, -0.1) is 0 Å². The summed E-state index contributed by atoms with van der Waals surface area (Å²) in [5.41, 5.74) is 0. The van der Waals surface area contributed by atoms with Crippen LogP contribution in [0, 0.1) is 5.92 Å². The molecule has 0 N–H and O–H groups in total. The standard InChI is InChI=1S/C12H24N2O/c1-9(2)13(5)12(15)11-6-7-14(8-11)10(3)4/h9-11H,6-8H2,1-5H3. The van der Waals surface area contributed by atoms with Gasteiger partial charge in [0.25, 0.3) is 0 Å².